The molecule has 3 aromatic rings. The highest BCUT2D eigenvalue weighted by atomic mass is 16.5. The minimum Gasteiger partial charge on any atom is -0.492 e. The lowest BCUT2D eigenvalue weighted by atomic mass is 9.99. The van der Waals surface area contributed by atoms with Crippen LogP contribution in [0.5, 0.6) is 5.75 Å². The van der Waals surface area contributed by atoms with Crippen LogP contribution in [0, 0.1) is 6.92 Å². The van der Waals surface area contributed by atoms with Gasteiger partial charge < -0.3 is 14.8 Å². The third kappa shape index (κ3) is 5.46. The van der Waals surface area contributed by atoms with Crippen molar-refractivity contribution in [1.29, 1.82) is 0 Å². The molecule has 3 aromatic carbocycles. The molecule has 1 saturated heterocycles. The number of Topliss-reactive ketones (excluding diaryl/α,β-unsaturated/α-hetero) is 1. The van der Waals surface area contributed by atoms with Gasteiger partial charge >= 0.3 is 0 Å². The standard InChI is InChI=1S/C28H32N2O4/c1-19(2)21-9-8-20(3)25(18-21)29-28(32)27(31)24-10-11-26(23-7-5-4-6-22(23)24)34-17-14-30-12-15-33-16-13-30/h4-11,18-19H,12-17H2,1-3H3,(H,29,32). The van der Waals surface area contributed by atoms with Crippen molar-refractivity contribution in [1.82, 2.24) is 4.90 Å². The van der Waals surface area contributed by atoms with E-state index in [0.717, 1.165) is 49.4 Å². The Balaban J connectivity index is 1.51. The van der Waals surface area contributed by atoms with Gasteiger partial charge in [0.25, 0.3) is 11.7 Å². The first kappa shape index (κ1) is 23.9. The van der Waals surface area contributed by atoms with Crippen LogP contribution in [0.25, 0.3) is 10.8 Å². The van der Waals surface area contributed by atoms with Gasteiger partial charge in [-0.05, 0) is 47.6 Å². The Morgan fingerprint density at radius 2 is 1.76 bits per heavy atom. The van der Waals surface area contributed by atoms with E-state index < -0.39 is 11.7 Å². The number of carbonyl (C=O) groups excluding carboxylic acids is 2. The predicted octanol–water partition coefficient (Wildman–Crippen LogP) is 4.80. The summed E-state index contributed by atoms with van der Waals surface area (Å²) in [7, 11) is 0. The molecular weight excluding hydrogens is 428 g/mol. The average Bonchev–Trinajstić information content (AvgIpc) is 2.85. The zero-order chi connectivity index (χ0) is 24.1. The second-order valence-corrected chi connectivity index (χ2v) is 8.97. The predicted molar refractivity (Wildman–Crippen MR) is 135 cm³/mol. The van der Waals surface area contributed by atoms with Gasteiger partial charge in [0.15, 0.2) is 0 Å². The number of fused-ring (bicyclic) bond motifs is 1. The zero-order valence-electron chi connectivity index (χ0n) is 20.1. The van der Waals surface area contributed by atoms with Crippen molar-refractivity contribution >= 4 is 28.2 Å². The van der Waals surface area contributed by atoms with Gasteiger partial charge in [-0.1, -0.05) is 50.2 Å². The van der Waals surface area contributed by atoms with Crippen molar-refractivity contribution < 1.29 is 19.1 Å². The largest absolute Gasteiger partial charge is 0.492 e. The van der Waals surface area contributed by atoms with Gasteiger partial charge in [-0.25, -0.2) is 0 Å². The van der Waals surface area contributed by atoms with Crippen LogP contribution < -0.4 is 10.1 Å². The number of benzene rings is 3. The number of rotatable bonds is 8. The van der Waals surface area contributed by atoms with Crippen molar-refractivity contribution in [3.63, 3.8) is 0 Å². The number of amides is 1. The fourth-order valence-corrected chi connectivity index (χ4v) is 4.14. The van der Waals surface area contributed by atoms with Crippen LogP contribution in [0.1, 0.15) is 41.3 Å². The van der Waals surface area contributed by atoms with Crippen molar-refractivity contribution in [2.24, 2.45) is 0 Å². The molecule has 1 aliphatic rings. The summed E-state index contributed by atoms with van der Waals surface area (Å²) in [5.74, 6) is -0.173. The van der Waals surface area contributed by atoms with E-state index in [-0.39, 0.29) is 0 Å². The number of carbonyl (C=O) groups is 2. The number of nitrogens with one attached hydrogen (secondary N) is 1. The third-order valence-electron chi connectivity index (χ3n) is 6.28. The maximum atomic E-state index is 13.2. The molecule has 0 aliphatic carbocycles. The van der Waals surface area contributed by atoms with E-state index in [4.69, 9.17) is 9.47 Å². The van der Waals surface area contributed by atoms with Gasteiger partial charge in [0.2, 0.25) is 0 Å². The molecule has 0 spiro atoms. The van der Waals surface area contributed by atoms with Crippen molar-refractivity contribution in [2.45, 2.75) is 26.7 Å². The van der Waals surface area contributed by atoms with E-state index in [2.05, 4.69) is 24.1 Å². The maximum Gasteiger partial charge on any atom is 0.296 e. The van der Waals surface area contributed by atoms with Crippen LogP contribution in [0.15, 0.2) is 54.6 Å². The number of nitrogens with zero attached hydrogens (tertiary/aromatic N) is 1. The molecule has 1 N–H and O–H groups in total. The summed E-state index contributed by atoms with van der Waals surface area (Å²) in [4.78, 5) is 28.4. The maximum absolute atomic E-state index is 13.2. The molecule has 0 aromatic heterocycles. The molecule has 178 valence electrons. The second kappa shape index (κ2) is 10.8. The highest BCUT2D eigenvalue weighted by Gasteiger charge is 2.21. The number of morpholine rings is 1. The Morgan fingerprint density at radius 1 is 1.03 bits per heavy atom. The van der Waals surface area contributed by atoms with E-state index in [9.17, 15) is 9.59 Å². The molecule has 1 heterocycles. The lowest BCUT2D eigenvalue weighted by Gasteiger charge is -2.26. The monoisotopic (exact) mass is 460 g/mol. The summed E-state index contributed by atoms with van der Waals surface area (Å²) >= 11 is 0. The number of ether oxygens (including phenoxy) is 2. The van der Waals surface area contributed by atoms with Gasteiger partial charge in [0.1, 0.15) is 12.4 Å². The normalized spacial score (nSPS) is 14.4. The quantitative estimate of drug-likeness (QED) is 0.386. The van der Waals surface area contributed by atoms with Gasteiger partial charge in [-0.15, -0.1) is 0 Å². The summed E-state index contributed by atoms with van der Waals surface area (Å²) in [6.07, 6.45) is 0. The zero-order valence-corrected chi connectivity index (χ0v) is 20.1. The molecule has 0 atom stereocenters. The summed E-state index contributed by atoms with van der Waals surface area (Å²) in [6.45, 7) is 10.8. The SMILES string of the molecule is Cc1ccc(C(C)C)cc1NC(=O)C(=O)c1ccc(OCCN2CCOCC2)c2ccccc12. The summed E-state index contributed by atoms with van der Waals surface area (Å²) in [5.41, 5.74) is 3.06. The van der Waals surface area contributed by atoms with E-state index in [1.165, 1.54) is 0 Å². The first-order valence-electron chi connectivity index (χ1n) is 11.8. The molecule has 6 heteroatoms. The number of ketones is 1. The fraction of sp³-hybridized carbons (Fsp3) is 0.357. The molecule has 0 unspecified atom stereocenters. The lowest BCUT2D eigenvalue weighted by Crippen LogP contribution is -2.38. The minimum absolute atomic E-state index is 0.326. The molecule has 4 rings (SSSR count). The van der Waals surface area contributed by atoms with Crippen LogP contribution in [0.3, 0.4) is 0 Å². The van der Waals surface area contributed by atoms with Crippen LogP contribution in [-0.4, -0.2) is 56.0 Å². The van der Waals surface area contributed by atoms with Crippen LogP contribution >= 0.6 is 0 Å². The highest BCUT2D eigenvalue weighted by molar-refractivity contribution is 6.48. The Labute approximate surface area is 200 Å². The van der Waals surface area contributed by atoms with Crippen molar-refractivity contribution in [3.05, 3.63) is 71.3 Å². The van der Waals surface area contributed by atoms with E-state index in [0.29, 0.717) is 34.9 Å². The number of anilines is 1. The molecule has 1 fully saturated rings. The Morgan fingerprint density at radius 3 is 2.50 bits per heavy atom. The topological polar surface area (TPSA) is 67.9 Å². The van der Waals surface area contributed by atoms with Crippen LogP contribution in [-0.2, 0) is 9.53 Å². The first-order chi connectivity index (χ1) is 16.4. The fourth-order valence-electron chi connectivity index (χ4n) is 4.14. The summed E-state index contributed by atoms with van der Waals surface area (Å²) in [5, 5.41) is 4.35. The van der Waals surface area contributed by atoms with E-state index >= 15 is 0 Å². The molecule has 1 aliphatic heterocycles. The molecule has 34 heavy (non-hydrogen) atoms. The summed E-state index contributed by atoms with van der Waals surface area (Å²) in [6, 6.07) is 17.0. The first-order valence-corrected chi connectivity index (χ1v) is 11.8. The van der Waals surface area contributed by atoms with Gasteiger partial charge in [-0.3, -0.25) is 14.5 Å². The van der Waals surface area contributed by atoms with E-state index in [1.54, 1.807) is 12.1 Å². The molecule has 0 radical (unpaired) electrons. The smallest absolute Gasteiger partial charge is 0.296 e. The Hall–Kier alpha value is -3.22. The number of hydrogen-bond acceptors (Lipinski definition) is 5. The molecule has 1 amide bonds. The minimum atomic E-state index is -0.643. The average molecular weight is 461 g/mol. The highest BCUT2D eigenvalue weighted by Crippen LogP contribution is 2.29. The van der Waals surface area contributed by atoms with Gasteiger partial charge in [0, 0.05) is 36.3 Å². The van der Waals surface area contributed by atoms with Crippen LogP contribution in [0.4, 0.5) is 5.69 Å². The van der Waals surface area contributed by atoms with Crippen LogP contribution in [0.2, 0.25) is 0 Å². The molecule has 6 nitrogen and oxygen atoms in total. The Bertz CT molecular complexity index is 1180. The Kier molecular flexibility index (Phi) is 7.60. The summed E-state index contributed by atoms with van der Waals surface area (Å²) < 4.78 is 11.5. The van der Waals surface area contributed by atoms with E-state index in [1.807, 2.05) is 49.4 Å². The third-order valence-corrected chi connectivity index (χ3v) is 6.28. The molecule has 0 saturated carbocycles. The lowest BCUT2D eigenvalue weighted by molar-refractivity contribution is -0.112. The number of hydrogen-bond donors (Lipinski definition) is 1. The molecular formula is C28H32N2O4. The van der Waals surface area contributed by atoms with Gasteiger partial charge in [0.05, 0.1) is 13.2 Å². The second-order valence-electron chi connectivity index (χ2n) is 8.97. The number of aryl methyl sites for hydroxylation is 1. The molecule has 0 bridgehead atoms. The van der Waals surface area contributed by atoms with Crippen molar-refractivity contribution in [2.75, 3.05) is 44.8 Å². The van der Waals surface area contributed by atoms with Gasteiger partial charge in [-0.2, -0.15) is 0 Å². The van der Waals surface area contributed by atoms with Crippen molar-refractivity contribution in [3.8, 4) is 5.75 Å².